The highest BCUT2D eigenvalue weighted by atomic mass is 32.2. The molecule has 27 heavy (non-hydrogen) atoms. The van der Waals surface area contributed by atoms with Crippen molar-refractivity contribution >= 4 is 27.6 Å². The highest BCUT2D eigenvalue weighted by Crippen LogP contribution is 2.19. The van der Waals surface area contributed by atoms with Gasteiger partial charge in [0.15, 0.2) is 0 Å². The minimum absolute atomic E-state index is 0.152. The van der Waals surface area contributed by atoms with Gasteiger partial charge >= 0.3 is 5.97 Å². The molecule has 0 heterocycles. The third kappa shape index (κ3) is 5.07. The molecule has 8 heteroatoms. The Hall–Kier alpha value is -2.87. The lowest BCUT2D eigenvalue weighted by Crippen LogP contribution is -2.40. The van der Waals surface area contributed by atoms with E-state index < -0.39 is 27.9 Å². The van der Waals surface area contributed by atoms with Crippen LogP contribution in [0.25, 0.3) is 0 Å². The van der Waals surface area contributed by atoms with Crippen LogP contribution in [-0.4, -0.2) is 31.4 Å². The number of carboxylic acids is 1. The highest BCUT2D eigenvalue weighted by molar-refractivity contribution is 7.92. The number of hydrogen-bond donors (Lipinski definition) is 3. The number of aliphatic carboxylic acids is 1. The molecule has 2 aromatic carbocycles. The van der Waals surface area contributed by atoms with Gasteiger partial charge < -0.3 is 10.4 Å². The summed E-state index contributed by atoms with van der Waals surface area (Å²) in [5.74, 6) is -1.64. The Bertz CT molecular complexity index is 953. The van der Waals surface area contributed by atoms with Crippen molar-refractivity contribution in [2.75, 3.05) is 4.72 Å². The van der Waals surface area contributed by atoms with E-state index in [0.29, 0.717) is 5.69 Å². The first-order chi connectivity index (χ1) is 12.6. The predicted octanol–water partition coefficient (Wildman–Crippen LogP) is 2.70. The van der Waals surface area contributed by atoms with Gasteiger partial charge in [-0.2, -0.15) is 0 Å². The first-order valence-corrected chi connectivity index (χ1v) is 9.86. The van der Waals surface area contributed by atoms with Crippen LogP contribution < -0.4 is 10.0 Å². The topological polar surface area (TPSA) is 113 Å². The van der Waals surface area contributed by atoms with Crippen molar-refractivity contribution in [2.24, 2.45) is 0 Å². The first-order valence-electron chi connectivity index (χ1n) is 8.38. The first kappa shape index (κ1) is 20.4. The summed E-state index contributed by atoms with van der Waals surface area (Å²) in [4.78, 5) is 23.2. The third-order valence-corrected chi connectivity index (χ3v) is 5.58. The molecule has 0 bridgehead atoms. The summed E-state index contributed by atoms with van der Waals surface area (Å²) in [5, 5.41) is 11.4. The van der Waals surface area contributed by atoms with Gasteiger partial charge in [-0.05, 0) is 67.8 Å². The summed E-state index contributed by atoms with van der Waals surface area (Å²) in [6.45, 7) is 5.39. The fraction of sp³-hybridized carbons (Fsp3) is 0.263. The fourth-order valence-corrected chi connectivity index (χ4v) is 3.51. The molecular formula is C19H22N2O5S. The molecule has 0 fully saturated rings. The minimum atomic E-state index is -3.75. The molecule has 0 aliphatic carbocycles. The lowest BCUT2D eigenvalue weighted by Gasteiger charge is -2.13. The van der Waals surface area contributed by atoms with E-state index in [1.165, 1.54) is 30.3 Å². The van der Waals surface area contributed by atoms with E-state index in [-0.39, 0.29) is 16.9 Å². The number of sulfonamides is 1. The molecule has 3 N–H and O–H groups in total. The second-order valence-corrected chi connectivity index (χ2v) is 7.88. The standard InChI is InChI=1S/C19H22N2O5S/c1-4-17(19(23)24)20-18(22)14-6-8-15(9-7-14)21-27(25,26)16-10-5-12(2)13(3)11-16/h5-11,17,21H,4H2,1-3H3,(H,20,22)(H,23,24). The largest absolute Gasteiger partial charge is 0.480 e. The monoisotopic (exact) mass is 390 g/mol. The van der Waals surface area contributed by atoms with Crippen molar-refractivity contribution in [3.05, 3.63) is 59.2 Å². The third-order valence-electron chi connectivity index (χ3n) is 4.20. The number of benzene rings is 2. The molecule has 2 rings (SSSR count). The van der Waals surface area contributed by atoms with E-state index in [2.05, 4.69) is 10.0 Å². The number of carboxylic acid groups (broad SMARTS) is 1. The number of hydrogen-bond acceptors (Lipinski definition) is 4. The van der Waals surface area contributed by atoms with Crippen LogP contribution >= 0.6 is 0 Å². The Labute approximate surface area is 158 Å². The lowest BCUT2D eigenvalue weighted by molar-refractivity contribution is -0.139. The van der Waals surface area contributed by atoms with Crippen molar-refractivity contribution < 1.29 is 23.1 Å². The van der Waals surface area contributed by atoms with Crippen molar-refractivity contribution in [1.82, 2.24) is 5.32 Å². The van der Waals surface area contributed by atoms with Gasteiger partial charge in [0.1, 0.15) is 6.04 Å². The number of carbonyl (C=O) groups excluding carboxylic acids is 1. The maximum absolute atomic E-state index is 12.5. The van der Waals surface area contributed by atoms with Crippen LogP contribution in [0.4, 0.5) is 5.69 Å². The molecule has 1 unspecified atom stereocenters. The average Bonchev–Trinajstić information content (AvgIpc) is 2.61. The molecule has 2 aromatic rings. The Kier molecular flexibility index (Phi) is 6.22. The molecule has 7 nitrogen and oxygen atoms in total. The van der Waals surface area contributed by atoms with Crippen molar-refractivity contribution in [1.29, 1.82) is 0 Å². The fourth-order valence-electron chi connectivity index (χ4n) is 2.36. The number of aryl methyl sites for hydroxylation is 2. The molecule has 1 atom stereocenters. The number of amides is 1. The predicted molar refractivity (Wildman–Crippen MR) is 102 cm³/mol. The summed E-state index contributed by atoms with van der Waals surface area (Å²) < 4.78 is 27.4. The highest BCUT2D eigenvalue weighted by Gasteiger charge is 2.19. The van der Waals surface area contributed by atoms with Gasteiger partial charge in [0, 0.05) is 11.3 Å². The van der Waals surface area contributed by atoms with E-state index in [0.717, 1.165) is 11.1 Å². The molecule has 0 aliphatic rings. The van der Waals surface area contributed by atoms with Crippen LogP contribution in [0.5, 0.6) is 0 Å². The quantitative estimate of drug-likeness (QED) is 0.673. The molecule has 0 radical (unpaired) electrons. The van der Waals surface area contributed by atoms with Crippen LogP contribution in [0.1, 0.15) is 34.8 Å². The van der Waals surface area contributed by atoms with Crippen molar-refractivity contribution in [2.45, 2.75) is 38.1 Å². The lowest BCUT2D eigenvalue weighted by atomic mass is 10.1. The molecule has 144 valence electrons. The normalized spacial score (nSPS) is 12.3. The molecule has 0 saturated carbocycles. The van der Waals surface area contributed by atoms with E-state index in [9.17, 15) is 18.0 Å². The van der Waals surface area contributed by atoms with Crippen molar-refractivity contribution in [3.8, 4) is 0 Å². The molecule has 0 aromatic heterocycles. The smallest absolute Gasteiger partial charge is 0.326 e. The van der Waals surface area contributed by atoms with Crippen LogP contribution in [0, 0.1) is 13.8 Å². The summed E-state index contributed by atoms with van der Waals surface area (Å²) in [6, 6.07) is 9.67. The van der Waals surface area contributed by atoms with Gasteiger partial charge in [-0.25, -0.2) is 13.2 Å². The second kappa shape index (κ2) is 8.22. The zero-order valence-corrected chi connectivity index (χ0v) is 16.1. The van der Waals surface area contributed by atoms with Gasteiger partial charge in [0.2, 0.25) is 0 Å². The Morgan fingerprint density at radius 1 is 1.04 bits per heavy atom. The zero-order valence-electron chi connectivity index (χ0n) is 15.3. The molecule has 0 spiro atoms. The summed E-state index contributed by atoms with van der Waals surface area (Å²) in [5.41, 5.74) is 2.41. The SMILES string of the molecule is CCC(NC(=O)c1ccc(NS(=O)(=O)c2ccc(C)c(C)c2)cc1)C(=O)O. The number of anilines is 1. The van der Waals surface area contributed by atoms with E-state index in [1.807, 2.05) is 13.8 Å². The van der Waals surface area contributed by atoms with Gasteiger partial charge in [0.25, 0.3) is 15.9 Å². The second-order valence-electron chi connectivity index (χ2n) is 6.20. The van der Waals surface area contributed by atoms with Crippen LogP contribution in [0.2, 0.25) is 0 Å². The molecule has 0 saturated heterocycles. The minimum Gasteiger partial charge on any atom is -0.480 e. The number of carbonyl (C=O) groups is 2. The van der Waals surface area contributed by atoms with Crippen LogP contribution in [0.15, 0.2) is 47.4 Å². The van der Waals surface area contributed by atoms with Crippen LogP contribution in [-0.2, 0) is 14.8 Å². The maximum Gasteiger partial charge on any atom is 0.326 e. The maximum atomic E-state index is 12.5. The molecule has 0 aliphatic heterocycles. The summed E-state index contributed by atoms with van der Waals surface area (Å²) in [6.07, 6.45) is 0.259. The van der Waals surface area contributed by atoms with Crippen molar-refractivity contribution in [3.63, 3.8) is 0 Å². The number of rotatable bonds is 7. The Balaban J connectivity index is 2.14. The Morgan fingerprint density at radius 3 is 2.19 bits per heavy atom. The van der Waals surface area contributed by atoms with E-state index in [4.69, 9.17) is 5.11 Å². The molecule has 1 amide bonds. The van der Waals surface area contributed by atoms with Gasteiger partial charge in [-0.3, -0.25) is 9.52 Å². The van der Waals surface area contributed by atoms with Gasteiger partial charge in [-0.1, -0.05) is 13.0 Å². The van der Waals surface area contributed by atoms with E-state index in [1.54, 1.807) is 19.1 Å². The number of nitrogens with one attached hydrogen (secondary N) is 2. The van der Waals surface area contributed by atoms with Crippen LogP contribution in [0.3, 0.4) is 0 Å². The van der Waals surface area contributed by atoms with E-state index >= 15 is 0 Å². The molecular weight excluding hydrogens is 368 g/mol. The van der Waals surface area contributed by atoms with Gasteiger partial charge in [0.05, 0.1) is 4.90 Å². The Morgan fingerprint density at radius 2 is 1.67 bits per heavy atom. The average molecular weight is 390 g/mol. The zero-order chi connectivity index (χ0) is 20.2. The summed E-state index contributed by atoms with van der Waals surface area (Å²) >= 11 is 0. The summed E-state index contributed by atoms with van der Waals surface area (Å²) in [7, 11) is -3.75. The van der Waals surface area contributed by atoms with Gasteiger partial charge in [-0.15, -0.1) is 0 Å².